The number of amides is 1. The minimum absolute atomic E-state index is 0.0198. The summed E-state index contributed by atoms with van der Waals surface area (Å²) in [4.78, 5) is 28.1. The highest BCUT2D eigenvalue weighted by Crippen LogP contribution is 2.11. The fourth-order valence-electron chi connectivity index (χ4n) is 3.09. The molecule has 2 aromatic rings. The quantitative estimate of drug-likeness (QED) is 0.605. The highest BCUT2D eigenvalue weighted by Gasteiger charge is 2.19. The summed E-state index contributed by atoms with van der Waals surface area (Å²) < 4.78 is 4.68. The van der Waals surface area contributed by atoms with Crippen LogP contribution in [-0.2, 0) is 16.1 Å². The average molecular weight is 364 g/mol. The van der Waals surface area contributed by atoms with Gasteiger partial charge in [-0.3, -0.25) is 9.69 Å². The molecule has 0 bridgehead atoms. The summed E-state index contributed by atoms with van der Waals surface area (Å²) in [5, 5.41) is 0. The van der Waals surface area contributed by atoms with Crippen molar-refractivity contribution in [1.82, 2.24) is 9.80 Å². The first kappa shape index (κ1) is 18.9. The molecule has 3 rings (SSSR count). The molecule has 5 nitrogen and oxygen atoms in total. The molecule has 5 heteroatoms. The van der Waals surface area contributed by atoms with Crippen molar-refractivity contribution in [1.29, 1.82) is 0 Å². The van der Waals surface area contributed by atoms with Crippen LogP contribution in [0.15, 0.2) is 60.7 Å². The molecule has 0 aromatic heterocycles. The normalized spacial score (nSPS) is 15.1. The summed E-state index contributed by atoms with van der Waals surface area (Å²) in [6.45, 7) is 4.14. The Morgan fingerprint density at radius 2 is 1.63 bits per heavy atom. The van der Waals surface area contributed by atoms with Crippen molar-refractivity contribution in [2.45, 2.75) is 6.54 Å². The zero-order valence-electron chi connectivity index (χ0n) is 15.5. The van der Waals surface area contributed by atoms with Crippen LogP contribution in [0, 0.1) is 0 Å². The lowest BCUT2D eigenvalue weighted by molar-refractivity contribution is -0.127. The van der Waals surface area contributed by atoms with Gasteiger partial charge in [-0.25, -0.2) is 4.79 Å². The molecule has 1 amide bonds. The smallest absolute Gasteiger partial charge is 0.337 e. The Morgan fingerprint density at radius 1 is 0.963 bits per heavy atom. The van der Waals surface area contributed by atoms with E-state index in [2.05, 4.69) is 33.9 Å². The van der Waals surface area contributed by atoms with Crippen LogP contribution in [-0.4, -0.2) is 55.0 Å². The van der Waals surface area contributed by atoms with Gasteiger partial charge in [0.25, 0.3) is 0 Å². The summed E-state index contributed by atoms with van der Waals surface area (Å²) in [6.07, 6.45) is 3.37. The van der Waals surface area contributed by atoms with E-state index >= 15 is 0 Å². The van der Waals surface area contributed by atoms with Crippen LogP contribution in [0.1, 0.15) is 21.5 Å². The summed E-state index contributed by atoms with van der Waals surface area (Å²) in [6, 6.07) is 17.4. The SMILES string of the molecule is COC(=O)c1ccc(/C=C/C(=O)N2CCN(Cc3ccccc3)CC2)cc1. The summed E-state index contributed by atoms with van der Waals surface area (Å²) in [5.41, 5.74) is 2.67. The van der Waals surface area contributed by atoms with Crippen LogP contribution in [0.3, 0.4) is 0 Å². The van der Waals surface area contributed by atoms with Gasteiger partial charge in [-0.1, -0.05) is 42.5 Å². The van der Waals surface area contributed by atoms with Gasteiger partial charge >= 0.3 is 5.97 Å². The highest BCUT2D eigenvalue weighted by atomic mass is 16.5. The average Bonchev–Trinajstić information content (AvgIpc) is 2.73. The molecule has 0 spiro atoms. The van der Waals surface area contributed by atoms with Gasteiger partial charge < -0.3 is 9.64 Å². The van der Waals surface area contributed by atoms with Crippen LogP contribution >= 0.6 is 0 Å². The van der Waals surface area contributed by atoms with E-state index in [0.29, 0.717) is 5.56 Å². The number of esters is 1. The minimum Gasteiger partial charge on any atom is -0.465 e. The monoisotopic (exact) mass is 364 g/mol. The zero-order chi connectivity index (χ0) is 19.1. The fraction of sp³-hybridized carbons (Fsp3) is 0.273. The summed E-state index contributed by atoms with van der Waals surface area (Å²) in [7, 11) is 1.36. The van der Waals surface area contributed by atoms with E-state index in [-0.39, 0.29) is 11.9 Å². The molecule has 0 saturated carbocycles. The number of carbonyl (C=O) groups is 2. The zero-order valence-corrected chi connectivity index (χ0v) is 15.5. The van der Waals surface area contributed by atoms with Crippen LogP contribution in [0.5, 0.6) is 0 Å². The maximum atomic E-state index is 12.4. The van der Waals surface area contributed by atoms with Crippen molar-refractivity contribution in [3.63, 3.8) is 0 Å². The van der Waals surface area contributed by atoms with Crippen molar-refractivity contribution >= 4 is 18.0 Å². The van der Waals surface area contributed by atoms with Crippen molar-refractivity contribution < 1.29 is 14.3 Å². The number of methoxy groups -OCH3 is 1. The number of hydrogen-bond acceptors (Lipinski definition) is 4. The van der Waals surface area contributed by atoms with Gasteiger partial charge in [0, 0.05) is 38.8 Å². The van der Waals surface area contributed by atoms with E-state index in [1.807, 2.05) is 11.0 Å². The van der Waals surface area contributed by atoms with E-state index in [1.165, 1.54) is 12.7 Å². The number of nitrogens with zero attached hydrogens (tertiary/aromatic N) is 2. The Bertz CT molecular complexity index is 792. The second-order valence-corrected chi connectivity index (χ2v) is 6.53. The molecule has 0 N–H and O–H groups in total. The first-order chi connectivity index (χ1) is 13.2. The molecular weight excluding hydrogens is 340 g/mol. The van der Waals surface area contributed by atoms with Gasteiger partial charge in [-0.2, -0.15) is 0 Å². The molecule has 0 atom stereocenters. The van der Waals surface area contributed by atoms with E-state index in [9.17, 15) is 9.59 Å². The van der Waals surface area contributed by atoms with E-state index in [1.54, 1.807) is 36.4 Å². The van der Waals surface area contributed by atoms with Crippen molar-refractivity contribution in [2.24, 2.45) is 0 Å². The van der Waals surface area contributed by atoms with E-state index < -0.39 is 0 Å². The van der Waals surface area contributed by atoms with Gasteiger partial charge in [0.15, 0.2) is 0 Å². The Labute approximate surface area is 159 Å². The number of benzene rings is 2. The fourth-order valence-corrected chi connectivity index (χ4v) is 3.09. The Hall–Kier alpha value is -2.92. The van der Waals surface area contributed by atoms with E-state index in [4.69, 9.17) is 0 Å². The number of hydrogen-bond donors (Lipinski definition) is 0. The van der Waals surface area contributed by atoms with Crippen LogP contribution in [0.25, 0.3) is 6.08 Å². The van der Waals surface area contributed by atoms with Crippen molar-refractivity contribution in [2.75, 3.05) is 33.3 Å². The second kappa shape index (κ2) is 9.14. The van der Waals surface area contributed by atoms with Crippen LogP contribution in [0.2, 0.25) is 0 Å². The van der Waals surface area contributed by atoms with Crippen molar-refractivity contribution in [3.8, 4) is 0 Å². The lowest BCUT2D eigenvalue weighted by Crippen LogP contribution is -2.47. The minimum atomic E-state index is -0.366. The molecule has 1 aliphatic heterocycles. The lowest BCUT2D eigenvalue weighted by atomic mass is 10.1. The second-order valence-electron chi connectivity index (χ2n) is 6.53. The highest BCUT2D eigenvalue weighted by molar-refractivity contribution is 5.92. The Morgan fingerprint density at radius 3 is 2.26 bits per heavy atom. The first-order valence-corrected chi connectivity index (χ1v) is 9.07. The predicted molar refractivity (Wildman–Crippen MR) is 105 cm³/mol. The van der Waals surface area contributed by atoms with Gasteiger partial charge in [0.05, 0.1) is 12.7 Å². The molecular formula is C22H24N2O3. The molecule has 1 aliphatic rings. The van der Waals surface area contributed by atoms with Crippen LogP contribution < -0.4 is 0 Å². The molecule has 0 unspecified atom stereocenters. The predicted octanol–water partition coefficient (Wildman–Crippen LogP) is 2.83. The topological polar surface area (TPSA) is 49.9 Å². The molecule has 1 heterocycles. The summed E-state index contributed by atoms with van der Waals surface area (Å²) in [5.74, 6) is -0.346. The standard InChI is InChI=1S/C22H24N2O3/c1-27-22(26)20-10-7-18(8-11-20)9-12-21(25)24-15-13-23(14-16-24)17-19-5-3-2-4-6-19/h2-12H,13-17H2,1H3/b12-9+. The molecule has 1 saturated heterocycles. The molecule has 1 fully saturated rings. The van der Waals surface area contributed by atoms with Gasteiger partial charge in [0.1, 0.15) is 0 Å². The molecule has 2 aromatic carbocycles. The number of carbonyl (C=O) groups excluding carboxylic acids is 2. The molecule has 27 heavy (non-hydrogen) atoms. The first-order valence-electron chi connectivity index (χ1n) is 9.07. The third-order valence-corrected chi connectivity index (χ3v) is 4.68. The maximum absolute atomic E-state index is 12.4. The van der Waals surface area contributed by atoms with Gasteiger partial charge in [-0.05, 0) is 29.3 Å². The largest absolute Gasteiger partial charge is 0.465 e. The summed E-state index contributed by atoms with van der Waals surface area (Å²) >= 11 is 0. The number of piperazine rings is 1. The number of rotatable bonds is 5. The van der Waals surface area contributed by atoms with Gasteiger partial charge in [0.2, 0.25) is 5.91 Å². The lowest BCUT2D eigenvalue weighted by Gasteiger charge is -2.34. The third kappa shape index (κ3) is 5.28. The third-order valence-electron chi connectivity index (χ3n) is 4.68. The Balaban J connectivity index is 1.49. The van der Waals surface area contributed by atoms with Crippen molar-refractivity contribution in [3.05, 3.63) is 77.4 Å². The number of ether oxygens (including phenoxy) is 1. The Kier molecular flexibility index (Phi) is 6.39. The molecule has 0 aliphatic carbocycles. The van der Waals surface area contributed by atoms with Gasteiger partial charge in [-0.15, -0.1) is 0 Å². The van der Waals surface area contributed by atoms with Crippen LogP contribution in [0.4, 0.5) is 0 Å². The maximum Gasteiger partial charge on any atom is 0.337 e. The molecule has 0 radical (unpaired) electrons. The molecule has 140 valence electrons. The van der Waals surface area contributed by atoms with E-state index in [0.717, 1.165) is 38.3 Å².